The number of hydrogen-bond donors (Lipinski definition) is 1. The van der Waals surface area contributed by atoms with E-state index < -0.39 is 56.8 Å². The molecule has 45 heavy (non-hydrogen) atoms. The van der Waals surface area contributed by atoms with Crippen LogP contribution in [0.4, 0.5) is 0 Å². The van der Waals surface area contributed by atoms with Gasteiger partial charge in [-0.2, -0.15) is 0 Å². The molecule has 1 N–H and O–H groups in total. The molecule has 0 aliphatic carbocycles. The molecule has 1 fully saturated rings. The monoisotopic (exact) mass is 686 g/mol. The zero-order chi connectivity index (χ0) is 34.6. The molecule has 0 saturated carbocycles. The van der Waals surface area contributed by atoms with Gasteiger partial charge >= 0.3 is 0 Å². The van der Waals surface area contributed by atoms with E-state index in [0.29, 0.717) is 18.6 Å². The summed E-state index contributed by atoms with van der Waals surface area (Å²) < 4.78 is 53.9. The second-order valence-electron chi connectivity index (χ2n) is 16.0. The number of benzene rings is 1. The van der Waals surface area contributed by atoms with E-state index >= 15 is 0 Å². The van der Waals surface area contributed by atoms with Crippen molar-refractivity contribution in [2.45, 2.75) is 140 Å². The van der Waals surface area contributed by atoms with Crippen molar-refractivity contribution in [1.82, 2.24) is 0 Å². The molecule has 11 heteroatoms. The predicted octanol–water partition coefficient (Wildman–Crippen LogP) is 8.12. The van der Waals surface area contributed by atoms with Crippen LogP contribution in [0.25, 0.3) is 0 Å². The maximum Gasteiger partial charge on any atom is 0.192 e. The first-order chi connectivity index (χ1) is 20.5. The van der Waals surface area contributed by atoms with Gasteiger partial charge in [0.2, 0.25) is 0 Å². The molecule has 1 saturated heterocycles. The maximum atomic E-state index is 13.7. The summed E-state index contributed by atoms with van der Waals surface area (Å²) in [7, 11) is -6.37. The first kappa shape index (κ1) is 40.3. The normalized spacial score (nSPS) is 23.4. The van der Waals surface area contributed by atoms with Crippen LogP contribution in [-0.2, 0) is 33.1 Å². The van der Waals surface area contributed by atoms with E-state index in [1.807, 2.05) is 13.8 Å². The fourth-order valence-corrected chi connectivity index (χ4v) is 9.24. The molecule has 1 heterocycles. The number of rotatable bonds is 16. The number of ether oxygens (including phenoxy) is 2. The van der Waals surface area contributed by atoms with Crippen molar-refractivity contribution in [2.75, 3.05) is 19.5 Å². The number of methoxy groups -OCH3 is 1. The van der Waals surface area contributed by atoms with Crippen molar-refractivity contribution in [2.24, 2.45) is 11.8 Å². The Kier molecular flexibility index (Phi) is 13.9. The highest BCUT2D eigenvalue weighted by atomic mass is 32.2. The number of hydrogen-bond acceptors (Lipinski definition) is 8. The van der Waals surface area contributed by atoms with Crippen LogP contribution in [0.3, 0.4) is 0 Å². The molecule has 8 nitrogen and oxygen atoms in total. The first-order valence-electron chi connectivity index (χ1n) is 16.2. The largest absolute Gasteiger partial charge is 0.414 e. The van der Waals surface area contributed by atoms with Gasteiger partial charge in [0.25, 0.3) is 0 Å². The molecule has 1 aromatic rings. The summed E-state index contributed by atoms with van der Waals surface area (Å²) in [4.78, 5) is 5.15. The van der Waals surface area contributed by atoms with Crippen LogP contribution >= 0.6 is 0 Å². The summed E-state index contributed by atoms with van der Waals surface area (Å²) in [6, 6.07) is 8.46. The maximum absolute atomic E-state index is 13.7. The molecule has 6 atom stereocenters. The second-order valence-corrected chi connectivity index (χ2v) is 27.6. The average molecular weight is 687 g/mol. The highest BCUT2D eigenvalue weighted by Gasteiger charge is 2.50. The summed E-state index contributed by atoms with van der Waals surface area (Å²) >= 11 is 0. The van der Waals surface area contributed by atoms with Gasteiger partial charge in [-0.25, -0.2) is 13.3 Å². The fourth-order valence-electron chi connectivity index (χ4n) is 5.18. The molecular formula is C34H62O8SSi2. The Bertz CT molecular complexity index is 1190. The van der Waals surface area contributed by atoms with Gasteiger partial charge in [0.05, 0.1) is 41.7 Å². The van der Waals surface area contributed by atoms with E-state index in [9.17, 15) is 13.7 Å². The van der Waals surface area contributed by atoms with E-state index in [-0.39, 0.29) is 39.2 Å². The van der Waals surface area contributed by atoms with Gasteiger partial charge in [0.1, 0.15) is 6.10 Å². The molecule has 2 unspecified atom stereocenters. The van der Waals surface area contributed by atoms with Crippen molar-refractivity contribution < 1.29 is 36.9 Å². The van der Waals surface area contributed by atoms with Gasteiger partial charge in [0.15, 0.2) is 26.5 Å². The lowest BCUT2D eigenvalue weighted by Crippen LogP contribution is -2.49. The zero-order valence-corrected chi connectivity index (χ0v) is 33.0. The summed E-state index contributed by atoms with van der Waals surface area (Å²) in [6.45, 7) is 30.7. The summed E-state index contributed by atoms with van der Waals surface area (Å²) in [5, 5.41) is 9.88. The molecule has 0 spiro atoms. The highest BCUT2D eigenvalue weighted by molar-refractivity contribution is 7.91. The van der Waals surface area contributed by atoms with Gasteiger partial charge in [-0.05, 0) is 59.9 Å². The fraction of sp³-hybridized carbons (Fsp3) is 0.765. The topological polar surface area (TPSA) is 101 Å². The smallest absolute Gasteiger partial charge is 0.192 e. The van der Waals surface area contributed by atoms with Crippen LogP contribution in [0.1, 0.15) is 68.2 Å². The van der Waals surface area contributed by atoms with Crippen LogP contribution in [0.5, 0.6) is 0 Å². The lowest BCUT2D eigenvalue weighted by atomic mass is 9.89. The quantitative estimate of drug-likeness (QED) is 0.0806. The van der Waals surface area contributed by atoms with Gasteiger partial charge in [0, 0.05) is 25.9 Å². The molecule has 1 aliphatic rings. The van der Waals surface area contributed by atoms with Crippen LogP contribution in [0.15, 0.2) is 47.4 Å². The van der Waals surface area contributed by atoms with E-state index in [1.54, 1.807) is 37.4 Å². The van der Waals surface area contributed by atoms with E-state index in [1.165, 1.54) is 0 Å². The molecule has 260 valence electrons. The lowest BCUT2D eigenvalue weighted by molar-refractivity contribution is -0.275. The molecule has 0 aromatic heterocycles. The van der Waals surface area contributed by atoms with Crippen LogP contribution < -0.4 is 0 Å². The Hall–Kier alpha value is -0.896. The predicted molar refractivity (Wildman–Crippen MR) is 187 cm³/mol. The summed E-state index contributed by atoms with van der Waals surface area (Å²) in [5.41, 5.74) is 0.713. The Labute approximate surface area is 276 Å². The SMILES string of the molecule is C=C(C(C)C)[C@@H](C[C@@H]1O[C@H](CC(CO[Si](C)(C)C(C)(C)C)O[Si](C)(C)C(C)(C)C)[C@H](OC)C1CS(=O)(=O)c1ccccc1)OO. The minimum absolute atomic E-state index is 0.0167. The third-order valence-electron chi connectivity index (χ3n) is 10.3. The molecule has 0 bridgehead atoms. The van der Waals surface area contributed by atoms with Crippen molar-refractivity contribution in [3.05, 3.63) is 42.5 Å². The lowest BCUT2D eigenvalue weighted by Gasteiger charge is -2.42. The van der Waals surface area contributed by atoms with Gasteiger partial charge in [-0.1, -0.05) is 80.2 Å². The van der Waals surface area contributed by atoms with Crippen LogP contribution in [0.2, 0.25) is 36.3 Å². The summed E-state index contributed by atoms with van der Waals surface area (Å²) in [6.07, 6.45) is -1.82. The van der Waals surface area contributed by atoms with E-state index in [2.05, 4.69) is 74.3 Å². The minimum Gasteiger partial charge on any atom is -0.414 e. The summed E-state index contributed by atoms with van der Waals surface area (Å²) in [5.74, 6) is -0.631. The molecule has 1 aromatic carbocycles. The Morgan fingerprint density at radius 1 is 0.956 bits per heavy atom. The Morgan fingerprint density at radius 3 is 1.98 bits per heavy atom. The average Bonchev–Trinajstić information content (AvgIpc) is 3.23. The van der Waals surface area contributed by atoms with Crippen molar-refractivity contribution in [3.63, 3.8) is 0 Å². The van der Waals surface area contributed by atoms with E-state index in [4.69, 9.17) is 23.2 Å². The third-order valence-corrected chi connectivity index (χ3v) is 21.2. The highest BCUT2D eigenvalue weighted by Crippen LogP contribution is 2.42. The minimum atomic E-state index is -3.67. The standard InChI is InChI=1S/C34H62O8SSi2/c1-24(2)25(3)29(41-35)21-30-28(23-43(36,37)27-18-16-15-17-19-27)32(38-10)31(40-30)20-26(42-45(13,14)34(7,8)9)22-39-44(11,12)33(4,5)6/h15-19,24,26,28-32,35H,3,20-23H2,1-2,4-14H3/t26?,28?,29-,30+,31-,32-/m1/s1. The molecule has 2 rings (SSSR count). The molecule has 0 radical (unpaired) electrons. The Balaban J connectivity index is 2.50. The van der Waals surface area contributed by atoms with Gasteiger partial charge in [-0.3, -0.25) is 5.26 Å². The van der Waals surface area contributed by atoms with Crippen molar-refractivity contribution >= 4 is 26.5 Å². The van der Waals surface area contributed by atoms with Crippen molar-refractivity contribution in [1.29, 1.82) is 0 Å². The van der Waals surface area contributed by atoms with Crippen LogP contribution in [-0.4, -0.2) is 80.3 Å². The van der Waals surface area contributed by atoms with Gasteiger partial charge in [-0.15, -0.1) is 0 Å². The number of sulfone groups is 1. The Morgan fingerprint density at radius 2 is 1.51 bits per heavy atom. The van der Waals surface area contributed by atoms with Crippen molar-refractivity contribution in [3.8, 4) is 0 Å². The third kappa shape index (κ3) is 10.5. The van der Waals surface area contributed by atoms with Gasteiger partial charge < -0.3 is 18.3 Å². The van der Waals surface area contributed by atoms with E-state index in [0.717, 1.165) is 0 Å². The second kappa shape index (κ2) is 15.5. The molecule has 0 amide bonds. The zero-order valence-electron chi connectivity index (χ0n) is 30.2. The molecular weight excluding hydrogens is 625 g/mol. The van der Waals surface area contributed by atoms with Crippen LogP contribution in [0, 0.1) is 11.8 Å². The first-order valence-corrected chi connectivity index (χ1v) is 23.7. The molecule has 1 aliphatic heterocycles.